The monoisotopic (exact) mass is 289 g/mol. The van der Waals surface area contributed by atoms with Crippen molar-refractivity contribution in [3.8, 4) is 11.5 Å². The third-order valence-electron chi connectivity index (χ3n) is 3.16. The smallest absolute Gasteiger partial charge is 0.268 e. The third kappa shape index (κ3) is 3.28. The van der Waals surface area contributed by atoms with Gasteiger partial charge in [-0.05, 0) is 23.8 Å². The van der Waals surface area contributed by atoms with Gasteiger partial charge in [0.1, 0.15) is 5.69 Å². The highest BCUT2D eigenvalue weighted by atomic mass is 16.5. The Labute approximate surface area is 123 Å². The lowest BCUT2D eigenvalue weighted by molar-refractivity contribution is 0.0943. The van der Waals surface area contributed by atoms with E-state index in [4.69, 9.17) is 15.2 Å². The van der Waals surface area contributed by atoms with Crippen LogP contribution >= 0.6 is 0 Å². The highest BCUT2D eigenvalue weighted by Gasteiger charge is 2.11. The van der Waals surface area contributed by atoms with E-state index in [2.05, 4.69) is 5.32 Å². The van der Waals surface area contributed by atoms with Gasteiger partial charge in [-0.2, -0.15) is 0 Å². The number of anilines is 1. The van der Waals surface area contributed by atoms with Gasteiger partial charge in [0.25, 0.3) is 5.91 Å². The molecule has 6 heteroatoms. The van der Waals surface area contributed by atoms with Crippen LogP contribution in [0.4, 0.5) is 5.69 Å². The quantitative estimate of drug-likeness (QED) is 0.875. The van der Waals surface area contributed by atoms with E-state index in [1.54, 1.807) is 44.2 Å². The van der Waals surface area contributed by atoms with Crippen molar-refractivity contribution in [2.45, 2.75) is 6.54 Å². The zero-order valence-electron chi connectivity index (χ0n) is 12.3. The van der Waals surface area contributed by atoms with Gasteiger partial charge in [0.15, 0.2) is 11.5 Å². The maximum atomic E-state index is 12.1. The molecule has 2 aromatic rings. The summed E-state index contributed by atoms with van der Waals surface area (Å²) in [4.78, 5) is 12.1. The van der Waals surface area contributed by atoms with Crippen molar-refractivity contribution in [2.75, 3.05) is 20.0 Å². The number of methoxy groups -OCH3 is 2. The number of aromatic nitrogens is 1. The van der Waals surface area contributed by atoms with Crippen molar-refractivity contribution in [3.63, 3.8) is 0 Å². The van der Waals surface area contributed by atoms with Crippen molar-refractivity contribution < 1.29 is 14.3 Å². The number of ether oxygens (including phenoxy) is 2. The first-order valence-electron chi connectivity index (χ1n) is 6.46. The van der Waals surface area contributed by atoms with Crippen LogP contribution in [0.2, 0.25) is 0 Å². The molecule has 0 spiro atoms. The Morgan fingerprint density at radius 1 is 1.24 bits per heavy atom. The number of nitrogens with one attached hydrogen (secondary N) is 1. The highest BCUT2D eigenvalue weighted by molar-refractivity contribution is 5.93. The van der Waals surface area contributed by atoms with Gasteiger partial charge >= 0.3 is 0 Å². The topological polar surface area (TPSA) is 78.5 Å². The molecule has 0 unspecified atom stereocenters. The molecule has 6 nitrogen and oxygen atoms in total. The van der Waals surface area contributed by atoms with Gasteiger partial charge in [0.2, 0.25) is 0 Å². The van der Waals surface area contributed by atoms with Crippen LogP contribution in [0.3, 0.4) is 0 Å². The second kappa shape index (κ2) is 6.21. The van der Waals surface area contributed by atoms with Crippen LogP contribution in [0.15, 0.2) is 30.5 Å². The van der Waals surface area contributed by atoms with E-state index in [1.165, 1.54) is 0 Å². The number of rotatable bonds is 5. The molecule has 0 radical (unpaired) electrons. The fourth-order valence-corrected chi connectivity index (χ4v) is 2.08. The van der Waals surface area contributed by atoms with Gasteiger partial charge in [0, 0.05) is 19.8 Å². The summed E-state index contributed by atoms with van der Waals surface area (Å²) in [5.41, 5.74) is 7.67. The normalized spacial score (nSPS) is 10.2. The number of nitrogens with zero attached hydrogens (tertiary/aromatic N) is 1. The van der Waals surface area contributed by atoms with Gasteiger partial charge in [-0.3, -0.25) is 4.79 Å². The number of nitrogen functional groups attached to an aromatic ring is 1. The number of aryl methyl sites for hydroxylation is 1. The lowest BCUT2D eigenvalue weighted by atomic mass is 10.2. The zero-order chi connectivity index (χ0) is 15.4. The number of carbonyl (C=O) groups is 1. The molecule has 1 amide bonds. The Bertz CT molecular complexity index is 650. The summed E-state index contributed by atoms with van der Waals surface area (Å²) >= 11 is 0. The average molecular weight is 289 g/mol. The number of hydrogen-bond donors (Lipinski definition) is 2. The molecule has 0 aliphatic heterocycles. The first-order valence-corrected chi connectivity index (χ1v) is 6.46. The molecule has 1 heterocycles. The molecular weight excluding hydrogens is 270 g/mol. The molecule has 0 bridgehead atoms. The van der Waals surface area contributed by atoms with Crippen molar-refractivity contribution >= 4 is 11.6 Å². The fraction of sp³-hybridized carbons (Fsp3) is 0.267. The van der Waals surface area contributed by atoms with E-state index < -0.39 is 0 Å². The first-order chi connectivity index (χ1) is 10.0. The zero-order valence-corrected chi connectivity index (χ0v) is 12.3. The predicted molar refractivity (Wildman–Crippen MR) is 80.5 cm³/mol. The lowest BCUT2D eigenvalue weighted by Gasteiger charge is -2.10. The van der Waals surface area contributed by atoms with E-state index in [9.17, 15) is 4.79 Å². The molecule has 112 valence electrons. The minimum Gasteiger partial charge on any atom is -0.493 e. The van der Waals surface area contributed by atoms with Crippen LogP contribution in [0.1, 0.15) is 16.1 Å². The van der Waals surface area contributed by atoms with Crippen LogP contribution < -0.4 is 20.5 Å². The van der Waals surface area contributed by atoms with Crippen LogP contribution in [-0.4, -0.2) is 24.7 Å². The van der Waals surface area contributed by atoms with Crippen molar-refractivity contribution in [1.29, 1.82) is 0 Å². The van der Waals surface area contributed by atoms with Crippen molar-refractivity contribution in [1.82, 2.24) is 9.88 Å². The van der Waals surface area contributed by atoms with Crippen molar-refractivity contribution in [2.24, 2.45) is 7.05 Å². The Hall–Kier alpha value is -2.63. The molecule has 1 aromatic carbocycles. The summed E-state index contributed by atoms with van der Waals surface area (Å²) in [7, 11) is 4.94. The highest BCUT2D eigenvalue weighted by Crippen LogP contribution is 2.27. The Balaban J connectivity index is 2.06. The molecule has 0 aliphatic rings. The van der Waals surface area contributed by atoms with Gasteiger partial charge in [-0.1, -0.05) is 6.07 Å². The maximum Gasteiger partial charge on any atom is 0.268 e. The molecule has 3 N–H and O–H groups in total. The second-order valence-corrected chi connectivity index (χ2v) is 4.64. The van der Waals surface area contributed by atoms with Gasteiger partial charge < -0.3 is 25.1 Å². The molecule has 0 aliphatic carbocycles. The number of nitrogens with two attached hydrogens (primary N) is 1. The summed E-state index contributed by atoms with van der Waals surface area (Å²) in [6.45, 7) is 0.393. The third-order valence-corrected chi connectivity index (χ3v) is 3.16. The first kappa shape index (κ1) is 14.8. The summed E-state index contributed by atoms with van der Waals surface area (Å²) in [5.74, 6) is 1.11. The molecule has 0 saturated heterocycles. The predicted octanol–water partition coefficient (Wildman–Crippen LogP) is 1.55. The Morgan fingerprint density at radius 2 is 1.95 bits per heavy atom. The summed E-state index contributed by atoms with van der Waals surface area (Å²) < 4.78 is 12.1. The minimum absolute atomic E-state index is 0.177. The van der Waals surface area contributed by atoms with E-state index >= 15 is 0 Å². The Kier molecular flexibility index (Phi) is 4.37. The maximum absolute atomic E-state index is 12.1. The van der Waals surface area contributed by atoms with E-state index in [1.807, 2.05) is 12.1 Å². The standard InChI is InChI=1S/C15H19N3O3/c1-18-9-11(16)7-12(18)15(19)17-8-10-4-5-13(20-2)14(6-10)21-3/h4-7,9H,8,16H2,1-3H3,(H,17,19). The fourth-order valence-electron chi connectivity index (χ4n) is 2.08. The van der Waals surface area contributed by atoms with Gasteiger partial charge in [-0.15, -0.1) is 0 Å². The Morgan fingerprint density at radius 3 is 2.52 bits per heavy atom. The van der Waals surface area contributed by atoms with Crippen molar-refractivity contribution in [3.05, 3.63) is 41.7 Å². The molecule has 0 saturated carbocycles. The molecule has 2 rings (SSSR count). The van der Waals surface area contributed by atoms with Crippen LogP contribution in [0.5, 0.6) is 11.5 Å². The molecule has 1 aromatic heterocycles. The van der Waals surface area contributed by atoms with Crippen LogP contribution in [0.25, 0.3) is 0 Å². The lowest BCUT2D eigenvalue weighted by Crippen LogP contribution is -2.24. The molecule has 0 fully saturated rings. The molecule has 0 atom stereocenters. The second-order valence-electron chi connectivity index (χ2n) is 4.64. The summed E-state index contributed by atoms with van der Waals surface area (Å²) in [6, 6.07) is 7.16. The minimum atomic E-state index is -0.177. The summed E-state index contributed by atoms with van der Waals surface area (Å²) in [6.07, 6.45) is 1.70. The summed E-state index contributed by atoms with van der Waals surface area (Å²) in [5, 5.41) is 2.85. The largest absolute Gasteiger partial charge is 0.493 e. The van der Waals surface area contributed by atoms with E-state index in [-0.39, 0.29) is 5.91 Å². The number of hydrogen-bond acceptors (Lipinski definition) is 4. The number of carbonyl (C=O) groups excluding carboxylic acids is 1. The van der Waals surface area contributed by atoms with Crippen LogP contribution in [-0.2, 0) is 13.6 Å². The van der Waals surface area contributed by atoms with E-state index in [0.717, 1.165) is 5.56 Å². The number of amides is 1. The SMILES string of the molecule is COc1ccc(CNC(=O)c2cc(N)cn2C)cc1OC. The van der Waals surface area contributed by atoms with E-state index in [0.29, 0.717) is 29.4 Å². The number of benzene rings is 1. The molecule has 21 heavy (non-hydrogen) atoms. The molecular formula is C15H19N3O3. The average Bonchev–Trinajstić information content (AvgIpc) is 2.83. The van der Waals surface area contributed by atoms with Gasteiger partial charge in [-0.25, -0.2) is 0 Å². The van der Waals surface area contributed by atoms with Crippen LogP contribution in [0, 0.1) is 0 Å². The van der Waals surface area contributed by atoms with Gasteiger partial charge in [0.05, 0.1) is 19.9 Å².